The van der Waals surface area contributed by atoms with Gasteiger partial charge in [0.25, 0.3) is 5.91 Å². The lowest BCUT2D eigenvalue weighted by atomic mass is 10.1. The second-order valence-corrected chi connectivity index (χ2v) is 8.50. The van der Waals surface area contributed by atoms with Gasteiger partial charge in [0, 0.05) is 25.0 Å². The number of thioether (sulfide) groups is 1. The fraction of sp³-hybridized carbons (Fsp3) is 0.348. The normalized spacial score (nSPS) is 13.2. The fourth-order valence-corrected chi connectivity index (χ4v) is 4.54. The fourth-order valence-electron chi connectivity index (χ4n) is 3.51. The Balaban J connectivity index is 1.32. The van der Waals surface area contributed by atoms with Crippen LogP contribution in [0.1, 0.15) is 40.3 Å². The minimum atomic E-state index is -0.120. The molecular formula is C23H26N4O4S. The lowest BCUT2D eigenvalue weighted by Crippen LogP contribution is -2.22. The minimum Gasteiger partial charge on any atom is -0.454 e. The molecule has 1 aliphatic rings. The van der Waals surface area contributed by atoms with Crippen LogP contribution < -0.4 is 14.8 Å². The van der Waals surface area contributed by atoms with Gasteiger partial charge in [-0.25, -0.2) is 0 Å². The first-order chi connectivity index (χ1) is 15.5. The molecule has 3 aromatic rings. The Bertz CT molecular complexity index is 1080. The van der Waals surface area contributed by atoms with Crippen molar-refractivity contribution in [3.8, 4) is 11.5 Å². The molecule has 2 aromatic carbocycles. The van der Waals surface area contributed by atoms with Crippen LogP contribution in [0, 0.1) is 6.92 Å². The molecule has 2 heterocycles. The second kappa shape index (κ2) is 10.1. The number of nitrogens with one attached hydrogen (secondary N) is 1. The van der Waals surface area contributed by atoms with E-state index in [-0.39, 0.29) is 18.7 Å². The van der Waals surface area contributed by atoms with Crippen LogP contribution in [0.3, 0.4) is 0 Å². The van der Waals surface area contributed by atoms with Crippen LogP contribution in [0.2, 0.25) is 0 Å². The summed E-state index contributed by atoms with van der Waals surface area (Å²) in [5, 5.41) is 12.3. The molecule has 0 spiro atoms. The highest BCUT2D eigenvalue weighted by molar-refractivity contribution is 7.98. The third kappa shape index (κ3) is 5.05. The molecule has 4 rings (SSSR count). The first-order valence-electron chi connectivity index (χ1n) is 10.3. The average molecular weight is 455 g/mol. The summed E-state index contributed by atoms with van der Waals surface area (Å²) in [6, 6.07) is 13.4. The van der Waals surface area contributed by atoms with Gasteiger partial charge in [-0.3, -0.25) is 4.79 Å². The van der Waals surface area contributed by atoms with E-state index in [1.165, 1.54) is 0 Å². The Kier molecular flexibility index (Phi) is 6.96. The van der Waals surface area contributed by atoms with E-state index in [1.54, 1.807) is 18.9 Å². The zero-order valence-electron chi connectivity index (χ0n) is 18.3. The SMILES string of the molecule is COC[C@@H](C)n1c(C)nnc1SCc1ccc(C(=O)NCc2ccc3c(c2)OCO3)cc1. The van der Waals surface area contributed by atoms with Crippen LogP contribution in [-0.4, -0.2) is 41.2 Å². The smallest absolute Gasteiger partial charge is 0.251 e. The maximum absolute atomic E-state index is 12.5. The molecule has 0 bridgehead atoms. The van der Waals surface area contributed by atoms with Crippen LogP contribution in [0.5, 0.6) is 11.5 Å². The van der Waals surface area contributed by atoms with Gasteiger partial charge in [-0.1, -0.05) is 30.0 Å². The number of hydrogen-bond acceptors (Lipinski definition) is 7. The molecule has 0 fully saturated rings. The zero-order valence-corrected chi connectivity index (χ0v) is 19.1. The number of rotatable bonds is 9. The van der Waals surface area contributed by atoms with E-state index in [0.29, 0.717) is 24.5 Å². The Labute approximate surface area is 191 Å². The summed E-state index contributed by atoms with van der Waals surface area (Å²) in [6.07, 6.45) is 0. The van der Waals surface area contributed by atoms with Gasteiger partial charge in [0.1, 0.15) is 5.82 Å². The molecule has 0 saturated carbocycles. The topological polar surface area (TPSA) is 87.5 Å². The third-order valence-electron chi connectivity index (χ3n) is 5.16. The summed E-state index contributed by atoms with van der Waals surface area (Å²) in [6.45, 7) is 5.28. The molecule has 8 nitrogen and oxygen atoms in total. The van der Waals surface area contributed by atoms with Crippen molar-refractivity contribution in [1.29, 1.82) is 0 Å². The Morgan fingerprint density at radius 1 is 1.16 bits per heavy atom. The number of nitrogens with zero attached hydrogens (tertiary/aromatic N) is 3. The number of aryl methyl sites for hydroxylation is 1. The lowest BCUT2D eigenvalue weighted by Gasteiger charge is -2.15. The Morgan fingerprint density at radius 3 is 2.69 bits per heavy atom. The van der Waals surface area contributed by atoms with E-state index in [0.717, 1.165) is 33.6 Å². The van der Waals surface area contributed by atoms with E-state index in [2.05, 4.69) is 27.0 Å². The molecule has 0 unspecified atom stereocenters. The number of hydrogen-bond donors (Lipinski definition) is 1. The standard InChI is InChI=1S/C23H26N4O4S/c1-15(12-29-3)27-16(2)25-26-23(27)32-13-17-4-7-19(8-5-17)22(28)24-11-18-6-9-20-21(10-18)31-14-30-20/h4-10,15H,11-14H2,1-3H3,(H,24,28)/t15-/m1/s1. The van der Waals surface area contributed by atoms with Gasteiger partial charge in [-0.15, -0.1) is 10.2 Å². The van der Waals surface area contributed by atoms with Crippen molar-refractivity contribution >= 4 is 17.7 Å². The van der Waals surface area contributed by atoms with Gasteiger partial charge in [-0.05, 0) is 49.2 Å². The van der Waals surface area contributed by atoms with Crippen LogP contribution in [-0.2, 0) is 17.0 Å². The van der Waals surface area contributed by atoms with Gasteiger partial charge in [-0.2, -0.15) is 0 Å². The molecule has 1 aliphatic heterocycles. The zero-order chi connectivity index (χ0) is 22.5. The van der Waals surface area contributed by atoms with Crippen molar-refractivity contribution in [2.75, 3.05) is 20.5 Å². The Hall–Kier alpha value is -3.04. The van der Waals surface area contributed by atoms with E-state index in [1.807, 2.05) is 49.4 Å². The van der Waals surface area contributed by atoms with Crippen LogP contribution in [0.4, 0.5) is 0 Å². The molecule has 1 N–H and O–H groups in total. The number of amides is 1. The van der Waals surface area contributed by atoms with Crippen molar-refractivity contribution in [2.24, 2.45) is 0 Å². The molecule has 0 radical (unpaired) electrons. The molecule has 0 saturated heterocycles. The molecule has 1 amide bonds. The summed E-state index contributed by atoms with van der Waals surface area (Å²) in [5.41, 5.74) is 2.68. The summed E-state index contributed by atoms with van der Waals surface area (Å²) in [7, 11) is 1.69. The van der Waals surface area contributed by atoms with Crippen LogP contribution >= 0.6 is 11.8 Å². The van der Waals surface area contributed by atoms with Crippen LogP contribution in [0.15, 0.2) is 47.6 Å². The van der Waals surface area contributed by atoms with Gasteiger partial charge in [0.15, 0.2) is 16.7 Å². The number of aromatic nitrogens is 3. The highest BCUT2D eigenvalue weighted by Crippen LogP contribution is 2.32. The van der Waals surface area contributed by atoms with Crippen molar-refractivity contribution in [2.45, 2.75) is 37.3 Å². The summed E-state index contributed by atoms with van der Waals surface area (Å²) < 4.78 is 18.0. The molecule has 1 atom stereocenters. The van der Waals surface area contributed by atoms with E-state index >= 15 is 0 Å². The highest BCUT2D eigenvalue weighted by atomic mass is 32.2. The predicted octanol–water partition coefficient (Wildman–Crippen LogP) is 3.74. The number of ether oxygens (including phenoxy) is 3. The maximum Gasteiger partial charge on any atom is 0.251 e. The quantitative estimate of drug-likeness (QED) is 0.493. The van der Waals surface area contributed by atoms with Crippen molar-refractivity contribution in [3.05, 3.63) is 65.0 Å². The summed E-state index contributed by atoms with van der Waals surface area (Å²) >= 11 is 1.62. The van der Waals surface area contributed by atoms with Gasteiger partial charge in [0.05, 0.1) is 12.6 Å². The van der Waals surface area contributed by atoms with Gasteiger partial charge < -0.3 is 24.1 Å². The molecule has 168 valence electrons. The molecule has 1 aromatic heterocycles. The van der Waals surface area contributed by atoms with Gasteiger partial charge in [0.2, 0.25) is 6.79 Å². The first kappa shape index (κ1) is 22.2. The number of carbonyl (C=O) groups is 1. The molecule has 32 heavy (non-hydrogen) atoms. The number of fused-ring (bicyclic) bond motifs is 1. The van der Waals surface area contributed by atoms with Crippen molar-refractivity contribution < 1.29 is 19.0 Å². The minimum absolute atomic E-state index is 0.120. The lowest BCUT2D eigenvalue weighted by molar-refractivity contribution is 0.0951. The van der Waals surface area contributed by atoms with E-state index in [4.69, 9.17) is 14.2 Å². The largest absolute Gasteiger partial charge is 0.454 e. The van der Waals surface area contributed by atoms with Crippen molar-refractivity contribution in [1.82, 2.24) is 20.1 Å². The third-order valence-corrected chi connectivity index (χ3v) is 6.17. The summed E-state index contributed by atoms with van der Waals surface area (Å²) in [5.74, 6) is 2.92. The van der Waals surface area contributed by atoms with Gasteiger partial charge >= 0.3 is 0 Å². The van der Waals surface area contributed by atoms with Crippen molar-refractivity contribution in [3.63, 3.8) is 0 Å². The second-order valence-electron chi connectivity index (χ2n) is 7.56. The Morgan fingerprint density at radius 2 is 1.91 bits per heavy atom. The number of methoxy groups -OCH3 is 1. The predicted molar refractivity (Wildman–Crippen MR) is 121 cm³/mol. The van der Waals surface area contributed by atoms with E-state index < -0.39 is 0 Å². The number of benzene rings is 2. The monoisotopic (exact) mass is 454 g/mol. The average Bonchev–Trinajstić information content (AvgIpc) is 3.42. The number of carbonyl (C=O) groups excluding carboxylic acids is 1. The van der Waals surface area contributed by atoms with E-state index in [9.17, 15) is 4.79 Å². The molecule has 0 aliphatic carbocycles. The maximum atomic E-state index is 12.5. The molecule has 9 heteroatoms. The summed E-state index contributed by atoms with van der Waals surface area (Å²) in [4.78, 5) is 12.5. The van der Waals surface area contributed by atoms with Crippen LogP contribution in [0.25, 0.3) is 0 Å². The highest BCUT2D eigenvalue weighted by Gasteiger charge is 2.16. The molecular weight excluding hydrogens is 428 g/mol. The first-order valence-corrected chi connectivity index (χ1v) is 11.3.